The first-order valence-corrected chi connectivity index (χ1v) is 7.06. The van der Waals surface area contributed by atoms with Crippen LogP contribution < -0.4 is 15.8 Å². The summed E-state index contributed by atoms with van der Waals surface area (Å²) in [5.74, 6) is 0.715. The quantitative estimate of drug-likeness (QED) is 0.745. The third-order valence-corrected chi connectivity index (χ3v) is 3.32. The van der Waals surface area contributed by atoms with Gasteiger partial charge >= 0.3 is 0 Å². The minimum absolute atomic E-state index is 0.0221. The number of anilines is 1. The standard InChI is InChI=1S/C15H22N2O3/c1-2-19-14-9-12(10-14)17-15(18)6-7-20-13-5-3-4-11(16)8-13/h3-5,8,12,14H,2,6-7,9-10,16H2,1H3,(H,17,18). The van der Waals surface area contributed by atoms with Crippen LogP contribution in [0.15, 0.2) is 24.3 Å². The third-order valence-electron chi connectivity index (χ3n) is 3.32. The van der Waals surface area contributed by atoms with E-state index in [-0.39, 0.29) is 11.9 Å². The molecule has 1 amide bonds. The molecule has 1 aromatic rings. The Morgan fingerprint density at radius 1 is 1.45 bits per heavy atom. The third kappa shape index (κ3) is 4.42. The Hall–Kier alpha value is -1.75. The van der Waals surface area contributed by atoms with Gasteiger partial charge in [-0.25, -0.2) is 0 Å². The summed E-state index contributed by atoms with van der Waals surface area (Å²) in [6, 6.07) is 7.45. The van der Waals surface area contributed by atoms with Gasteiger partial charge in [-0.1, -0.05) is 6.07 Å². The maximum atomic E-state index is 11.7. The lowest BCUT2D eigenvalue weighted by molar-refractivity contribution is -0.124. The summed E-state index contributed by atoms with van der Waals surface area (Å²) in [6.45, 7) is 3.08. The van der Waals surface area contributed by atoms with Gasteiger partial charge in [-0.15, -0.1) is 0 Å². The molecule has 1 fully saturated rings. The highest BCUT2D eigenvalue weighted by atomic mass is 16.5. The molecule has 0 unspecified atom stereocenters. The van der Waals surface area contributed by atoms with E-state index >= 15 is 0 Å². The van der Waals surface area contributed by atoms with Crippen LogP contribution in [0.3, 0.4) is 0 Å². The highest BCUT2D eigenvalue weighted by Gasteiger charge is 2.30. The molecule has 3 N–H and O–H groups in total. The fraction of sp³-hybridized carbons (Fsp3) is 0.533. The summed E-state index contributed by atoms with van der Waals surface area (Å²) < 4.78 is 10.9. The van der Waals surface area contributed by atoms with E-state index in [1.54, 1.807) is 12.1 Å². The number of nitrogens with two attached hydrogens (primary N) is 1. The number of nitrogen functional groups attached to an aromatic ring is 1. The van der Waals surface area contributed by atoms with Gasteiger partial charge in [0.25, 0.3) is 0 Å². The summed E-state index contributed by atoms with van der Waals surface area (Å²) in [6.07, 6.45) is 2.49. The van der Waals surface area contributed by atoms with E-state index in [2.05, 4.69) is 5.32 Å². The van der Waals surface area contributed by atoms with Gasteiger partial charge in [0, 0.05) is 24.4 Å². The number of hydrogen-bond acceptors (Lipinski definition) is 4. The van der Waals surface area contributed by atoms with Gasteiger partial charge < -0.3 is 20.5 Å². The van der Waals surface area contributed by atoms with Gasteiger partial charge in [0.1, 0.15) is 5.75 Å². The number of hydrogen-bond donors (Lipinski definition) is 2. The van der Waals surface area contributed by atoms with Crippen LogP contribution in [0.5, 0.6) is 5.75 Å². The van der Waals surface area contributed by atoms with Crippen molar-refractivity contribution >= 4 is 11.6 Å². The first-order chi connectivity index (χ1) is 9.67. The van der Waals surface area contributed by atoms with Crippen molar-refractivity contribution in [2.75, 3.05) is 18.9 Å². The molecule has 0 radical (unpaired) electrons. The molecule has 0 spiro atoms. The topological polar surface area (TPSA) is 73.6 Å². The highest BCUT2D eigenvalue weighted by molar-refractivity contribution is 5.76. The Morgan fingerprint density at radius 2 is 2.25 bits per heavy atom. The first-order valence-electron chi connectivity index (χ1n) is 7.06. The molecular formula is C15H22N2O3. The molecular weight excluding hydrogens is 256 g/mol. The number of rotatable bonds is 7. The summed E-state index contributed by atoms with van der Waals surface area (Å²) in [4.78, 5) is 11.7. The molecule has 20 heavy (non-hydrogen) atoms. The maximum absolute atomic E-state index is 11.7. The lowest BCUT2D eigenvalue weighted by Crippen LogP contribution is -2.48. The van der Waals surface area contributed by atoms with Gasteiger partial charge in [0.05, 0.1) is 19.1 Å². The van der Waals surface area contributed by atoms with E-state index < -0.39 is 0 Å². The second kappa shape index (κ2) is 7.14. The molecule has 2 rings (SSSR count). The monoisotopic (exact) mass is 278 g/mol. The number of carbonyl (C=O) groups excluding carboxylic acids is 1. The van der Waals surface area contributed by atoms with Crippen molar-refractivity contribution in [1.82, 2.24) is 5.32 Å². The van der Waals surface area contributed by atoms with Crippen molar-refractivity contribution in [2.45, 2.75) is 38.3 Å². The van der Waals surface area contributed by atoms with Crippen molar-refractivity contribution in [3.05, 3.63) is 24.3 Å². The number of amides is 1. The largest absolute Gasteiger partial charge is 0.493 e. The molecule has 0 atom stereocenters. The van der Waals surface area contributed by atoms with E-state index in [1.165, 1.54) is 0 Å². The van der Waals surface area contributed by atoms with Crippen molar-refractivity contribution in [2.24, 2.45) is 0 Å². The van der Waals surface area contributed by atoms with Gasteiger partial charge in [-0.05, 0) is 31.9 Å². The minimum atomic E-state index is 0.0221. The molecule has 5 nitrogen and oxygen atoms in total. The maximum Gasteiger partial charge on any atom is 0.223 e. The van der Waals surface area contributed by atoms with Crippen LogP contribution in [0.4, 0.5) is 5.69 Å². The average molecular weight is 278 g/mol. The molecule has 0 aromatic heterocycles. The van der Waals surface area contributed by atoms with Gasteiger partial charge in [-0.3, -0.25) is 4.79 Å². The average Bonchev–Trinajstić information content (AvgIpc) is 2.36. The van der Waals surface area contributed by atoms with Crippen molar-refractivity contribution in [1.29, 1.82) is 0 Å². The summed E-state index contributed by atoms with van der Waals surface area (Å²) in [5, 5.41) is 2.98. The molecule has 1 aromatic carbocycles. The van der Waals surface area contributed by atoms with E-state index in [0.717, 1.165) is 19.4 Å². The lowest BCUT2D eigenvalue weighted by atomic mass is 9.89. The number of carbonyl (C=O) groups is 1. The molecule has 0 heterocycles. The normalized spacial score (nSPS) is 21.1. The number of nitrogens with one attached hydrogen (secondary N) is 1. The molecule has 0 bridgehead atoms. The minimum Gasteiger partial charge on any atom is -0.493 e. The first kappa shape index (κ1) is 14.7. The zero-order valence-electron chi connectivity index (χ0n) is 11.8. The smallest absolute Gasteiger partial charge is 0.223 e. The fourth-order valence-corrected chi connectivity index (χ4v) is 2.22. The predicted octanol–water partition coefficient (Wildman–Crippen LogP) is 1.72. The Kier molecular flexibility index (Phi) is 5.24. The Morgan fingerprint density at radius 3 is 2.95 bits per heavy atom. The molecule has 1 saturated carbocycles. The summed E-state index contributed by atoms with van der Waals surface area (Å²) in [7, 11) is 0. The molecule has 0 aliphatic heterocycles. The van der Waals surface area contributed by atoms with Crippen LogP contribution in [-0.2, 0) is 9.53 Å². The van der Waals surface area contributed by atoms with Crippen LogP contribution in [0.2, 0.25) is 0 Å². The number of ether oxygens (including phenoxy) is 2. The van der Waals surface area contributed by atoms with Gasteiger partial charge in [0.15, 0.2) is 0 Å². The van der Waals surface area contributed by atoms with Crippen LogP contribution in [0.25, 0.3) is 0 Å². The SMILES string of the molecule is CCOC1CC(NC(=O)CCOc2cccc(N)c2)C1. The lowest BCUT2D eigenvalue weighted by Gasteiger charge is -2.35. The van der Waals surface area contributed by atoms with Crippen molar-refractivity contribution in [3.8, 4) is 5.75 Å². The molecule has 110 valence electrons. The Bertz CT molecular complexity index is 444. The molecule has 1 aliphatic rings. The van der Waals surface area contributed by atoms with E-state index in [1.807, 2.05) is 19.1 Å². The van der Waals surface area contributed by atoms with Gasteiger partial charge in [0.2, 0.25) is 5.91 Å². The van der Waals surface area contributed by atoms with Crippen LogP contribution in [0, 0.1) is 0 Å². The van der Waals surface area contributed by atoms with Crippen molar-refractivity contribution < 1.29 is 14.3 Å². The molecule has 1 aliphatic carbocycles. The van der Waals surface area contributed by atoms with Crippen LogP contribution in [-0.4, -0.2) is 31.3 Å². The Labute approximate surface area is 119 Å². The fourth-order valence-electron chi connectivity index (χ4n) is 2.22. The zero-order valence-corrected chi connectivity index (χ0v) is 11.8. The Balaban J connectivity index is 1.59. The predicted molar refractivity (Wildman–Crippen MR) is 77.5 cm³/mol. The number of benzene rings is 1. The van der Waals surface area contributed by atoms with E-state index in [0.29, 0.717) is 30.6 Å². The van der Waals surface area contributed by atoms with E-state index in [9.17, 15) is 4.79 Å². The molecule has 5 heteroatoms. The van der Waals surface area contributed by atoms with Gasteiger partial charge in [-0.2, -0.15) is 0 Å². The summed E-state index contributed by atoms with van der Waals surface area (Å²) >= 11 is 0. The zero-order chi connectivity index (χ0) is 14.4. The molecule has 0 saturated heterocycles. The van der Waals surface area contributed by atoms with E-state index in [4.69, 9.17) is 15.2 Å². The summed E-state index contributed by atoms with van der Waals surface area (Å²) in [5.41, 5.74) is 6.30. The van der Waals surface area contributed by atoms with Crippen molar-refractivity contribution in [3.63, 3.8) is 0 Å². The van der Waals surface area contributed by atoms with Crippen LogP contribution in [0.1, 0.15) is 26.2 Å². The second-order valence-electron chi connectivity index (χ2n) is 4.98. The van der Waals surface area contributed by atoms with Crippen LogP contribution >= 0.6 is 0 Å². The highest BCUT2D eigenvalue weighted by Crippen LogP contribution is 2.23. The second-order valence-corrected chi connectivity index (χ2v) is 4.98.